The lowest BCUT2D eigenvalue weighted by Crippen LogP contribution is -2.45. The van der Waals surface area contributed by atoms with Gasteiger partial charge >= 0.3 is 0 Å². The van der Waals surface area contributed by atoms with Crippen molar-refractivity contribution in [1.29, 1.82) is 0 Å². The Kier molecular flexibility index (Phi) is 3.89. The van der Waals surface area contributed by atoms with E-state index in [0.29, 0.717) is 22.9 Å². The van der Waals surface area contributed by atoms with E-state index in [1.807, 2.05) is 0 Å². The summed E-state index contributed by atoms with van der Waals surface area (Å²) in [6, 6.07) is 2.26. The van der Waals surface area contributed by atoms with Gasteiger partial charge in [0.1, 0.15) is 0 Å². The number of aromatic nitrogens is 1. The maximum absolute atomic E-state index is 14.0. The van der Waals surface area contributed by atoms with E-state index >= 15 is 0 Å². The molecule has 1 aromatic rings. The largest absolute Gasteiger partial charge is 0.350 e. The van der Waals surface area contributed by atoms with Crippen LogP contribution in [0.4, 0.5) is 10.2 Å². The average molecular weight is 284 g/mol. The zero-order valence-corrected chi connectivity index (χ0v) is 11.7. The molecular formula is C14H19ClFN3. The van der Waals surface area contributed by atoms with Gasteiger partial charge in [-0.3, -0.25) is 0 Å². The molecule has 3 rings (SSSR count). The zero-order chi connectivity index (χ0) is 13.2. The van der Waals surface area contributed by atoms with Gasteiger partial charge in [0.25, 0.3) is 0 Å². The third-order valence-electron chi connectivity index (χ3n) is 3.88. The van der Waals surface area contributed by atoms with Crippen molar-refractivity contribution >= 4 is 17.4 Å². The molecule has 1 saturated heterocycles. The molecule has 19 heavy (non-hydrogen) atoms. The van der Waals surface area contributed by atoms with E-state index in [9.17, 15) is 4.39 Å². The van der Waals surface area contributed by atoms with Crippen LogP contribution in [0.1, 0.15) is 32.1 Å². The Hall–Kier alpha value is -0.870. The zero-order valence-electron chi connectivity index (χ0n) is 10.9. The Bertz CT molecular complexity index is 444. The SMILES string of the molecule is Fc1cc(Cl)cnc1N(CC1CCCCN1)C1CC1. The number of anilines is 1. The summed E-state index contributed by atoms with van der Waals surface area (Å²) >= 11 is 5.78. The number of rotatable bonds is 4. The predicted octanol–water partition coefficient (Wildman–Crippen LogP) is 2.99. The van der Waals surface area contributed by atoms with Crippen LogP contribution in [-0.2, 0) is 0 Å². The molecule has 0 bridgehead atoms. The van der Waals surface area contributed by atoms with Crippen LogP contribution in [0.2, 0.25) is 5.02 Å². The maximum atomic E-state index is 14.0. The van der Waals surface area contributed by atoms with E-state index in [1.54, 1.807) is 0 Å². The van der Waals surface area contributed by atoms with Crippen molar-refractivity contribution in [2.75, 3.05) is 18.0 Å². The van der Waals surface area contributed by atoms with Crippen molar-refractivity contribution in [2.45, 2.75) is 44.2 Å². The van der Waals surface area contributed by atoms with Crippen molar-refractivity contribution in [3.63, 3.8) is 0 Å². The highest BCUT2D eigenvalue weighted by molar-refractivity contribution is 6.30. The minimum atomic E-state index is -0.310. The van der Waals surface area contributed by atoms with Gasteiger partial charge < -0.3 is 10.2 Å². The molecule has 3 nitrogen and oxygen atoms in total. The minimum Gasteiger partial charge on any atom is -0.350 e. The highest BCUT2D eigenvalue weighted by Crippen LogP contribution is 2.33. The molecule has 1 unspecified atom stereocenters. The predicted molar refractivity (Wildman–Crippen MR) is 75.2 cm³/mol. The first-order valence-corrected chi connectivity index (χ1v) is 7.43. The summed E-state index contributed by atoms with van der Waals surface area (Å²) in [5.41, 5.74) is 0. The second-order valence-corrected chi connectivity index (χ2v) is 5.93. The van der Waals surface area contributed by atoms with Gasteiger partial charge in [-0.15, -0.1) is 0 Å². The summed E-state index contributed by atoms with van der Waals surface area (Å²) in [6.45, 7) is 1.91. The fraction of sp³-hybridized carbons (Fsp3) is 0.643. The first-order valence-electron chi connectivity index (χ1n) is 7.05. The highest BCUT2D eigenvalue weighted by Gasteiger charge is 2.33. The van der Waals surface area contributed by atoms with Gasteiger partial charge in [0.05, 0.1) is 5.02 Å². The van der Waals surface area contributed by atoms with Crippen LogP contribution in [0.25, 0.3) is 0 Å². The van der Waals surface area contributed by atoms with Crippen LogP contribution in [0.15, 0.2) is 12.3 Å². The summed E-state index contributed by atoms with van der Waals surface area (Å²) in [7, 11) is 0. The smallest absolute Gasteiger partial charge is 0.167 e. The Labute approximate surface area is 118 Å². The Morgan fingerprint density at radius 1 is 1.37 bits per heavy atom. The van der Waals surface area contributed by atoms with E-state index in [0.717, 1.165) is 25.9 Å². The molecule has 2 aliphatic rings. The molecule has 1 aromatic heterocycles. The number of pyridine rings is 1. The minimum absolute atomic E-state index is 0.310. The third-order valence-corrected chi connectivity index (χ3v) is 4.08. The number of nitrogens with one attached hydrogen (secondary N) is 1. The second-order valence-electron chi connectivity index (χ2n) is 5.49. The molecule has 1 aliphatic carbocycles. The van der Waals surface area contributed by atoms with Crippen LogP contribution in [0, 0.1) is 5.82 Å². The van der Waals surface area contributed by atoms with E-state index in [2.05, 4.69) is 15.2 Å². The van der Waals surface area contributed by atoms with Crippen molar-refractivity contribution in [3.8, 4) is 0 Å². The lowest BCUT2D eigenvalue weighted by atomic mass is 10.0. The molecule has 1 aliphatic heterocycles. The monoisotopic (exact) mass is 283 g/mol. The molecule has 104 valence electrons. The summed E-state index contributed by atoms with van der Waals surface area (Å²) < 4.78 is 14.0. The van der Waals surface area contributed by atoms with Crippen LogP contribution >= 0.6 is 11.6 Å². The lowest BCUT2D eigenvalue weighted by molar-refractivity contribution is 0.396. The normalized spacial score (nSPS) is 23.4. The van der Waals surface area contributed by atoms with Crippen molar-refractivity contribution in [1.82, 2.24) is 10.3 Å². The Morgan fingerprint density at radius 3 is 2.84 bits per heavy atom. The van der Waals surface area contributed by atoms with Crippen molar-refractivity contribution < 1.29 is 4.39 Å². The number of hydrogen-bond acceptors (Lipinski definition) is 3. The van der Waals surface area contributed by atoms with E-state index in [4.69, 9.17) is 11.6 Å². The first kappa shape index (κ1) is 13.1. The molecule has 1 atom stereocenters. The van der Waals surface area contributed by atoms with Gasteiger partial charge in [0.15, 0.2) is 11.6 Å². The van der Waals surface area contributed by atoms with Crippen LogP contribution in [0.5, 0.6) is 0 Å². The van der Waals surface area contributed by atoms with Gasteiger partial charge in [-0.25, -0.2) is 9.37 Å². The summed E-state index contributed by atoms with van der Waals surface area (Å²) in [4.78, 5) is 6.32. The first-order chi connectivity index (χ1) is 9.24. The molecule has 2 heterocycles. The third kappa shape index (κ3) is 3.18. The maximum Gasteiger partial charge on any atom is 0.167 e. The van der Waals surface area contributed by atoms with E-state index in [1.165, 1.54) is 31.5 Å². The number of nitrogens with zero attached hydrogens (tertiary/aromatic N) is 2. The van der Waals surface area contributed by atoms with Crippen LogP contribution in [0.3, 0.4) is 0 Å². The number of halogens is 2. The van der Waals surface area contributed by atoms with Gasteiger partial charge in [0.2, 0.25) is 0 Å². The van der Waals surface area contributed by atoms with E-state index in [-0.39, 0.29) is 5.82 Å². The van der Waals surface area contributed by atoms with Gasteiger partial charge in [-0.1, -0.05) is 18.0 Å². The van der Waals surface area contributed by atoms with Crippen LogP contribution in [-0.4, -0.2) is 30.2 Å². The Morgan fingerprint density at radius 2 is 2.21 bits per heavy atom. The molecule has 5 heteroatoms. The fourth-order valence-electron chi connectivity index (χ4n) is 2.73. The topological polar surface area (TPSA) is 28.2 Å². The lowest BCUT2D eigenvalue weighted by Gasteiger charge is -2.31. The molecule has 0 radical (unpaired) electrons. The highest BCUT2D eigenvalue weighted by atomic mass is 35.5. The number of hydrogen-bond donors (Lipinski definition) is 1. The fourth-order valence-corrected chi connectivity index (χ4v) is 2.88. The molecule has 0 amide bonds. The molecule has 1 N–H and O–H groups in total. The van der Waals surface area contributed by atoms with Crippen molar-refractivity contribution in [3.05, 3.63) is 23.1 Å². The van der Waals surface area contributed by atoms with Gasteiger partial charge in [0, 0.05) is 24.8 Å². The molecular weight excluding hydrogens is 265 g/mol. The molecule has 0 spiro atoms. The van der Waals surface area contributed by atoms with Gasteiger partial charge in [-0.05, 0) is 38.3 Å². The second kappa shape index (κ2) is 5.63. The summed E-state index contributed by atoms with van der Waals surface area (Å²) in [6.07, 6.45) is 7.47. The summed E-state index contributed by atoms with van der Waals surface area (Å²) in [5.74, 6) is 0.148. The molecule has 1 saturated carbocycles. The number of piperidine rings is 1. The summed E-state index contributed by atoms with van der Waals surface area (Å²) in [5, 5.41) is 3.87. The molecule has 2 fully saturated rings. The molecule has 0 aromatic carbocycles. The van der Waals surface area contributed by atoms with E-state index < -0.39 is 0 Å². The Balaban J connectivity index is 1.76. The van der Waals surface area contributed by atoms with Crippen molar-refractivity contribution in [2.24, 2.45) is 0 Å². The standard InChI is InChI=1S/C14H19ClFN3/c15-10-7-13(16)14(18-8-10)19(12-4-5-12)9-11-3-1-2-6-17-11/h7-8,11-12,17H,1-6,9H2. The quantitative estimate of drug-likeness (QED) is 0.921. The van der Waals surface area contributed by atoms with Gasteiger partial charge in [-0.2, -0.15) is 0 Å². The average Bonchev–Trinajstić information content (AvgIpc) is 3.22. The van der Waals surface area contributed by atoms with Crippen LogP contribution < -0.4 is 10.2 Å².